The zero-order valence-electron chi connectivity index (χ0n) is 22.8. The van der Waals surface area contributed by atoms with E-state index in [0.717, 1.165) is 43.8 Å². The van der Waals surface area contributed by atoms with Crippen molar-refractivity contribution in [1.29, 1.82) is 0 Å². The third kappa shape index (κ3) is 4.93. The van der Waals surface area contributed by atoms with Crippen molar-refractivity contribution in [3.05, 3.63) is 42.0 Å². The topological polar surface area (TPSA) is 47.9 Å². The Labute approximate surface area is 216 Å². The molecule has 1 aliphatic rings. The molecule has 0 fully saturated rings. The van der Waals surface area contributed by atoms with Crippen LogP contribution in [-0.2, 0) is 0 Å². The van der Waals surface area contributed by atoms with Crippen LogP contribution in [0.25, 0.3) is 20.5 Å². The Morgan fingerprint density at radius 1 is 0.914 bits per heavy atom. The van der Waals surface area contributed by atoms with Gasteiger partial charge < -0.3 is 19.0 Å². The first-order valence-electron chi connectivity index (χ1n) is 12.4. The molecule has 0 bridgehead atoms. The van der Waals surface area contributed by atoms with Crippen molar-refractivity contribution in [3.8, 4) is 27.7 Å². The fourth-order valence-electron chi connectivity index (χ4n) is 3.59. The Balaban J connectivity index is 1.65. The molecule has 1 atom stereocenters. The van der Waals surface area contributed by atoms with Crippen molar-refractivity contribution >= 4 is 37.8 Å². The molecule has 2 aromatic carbocycles. The first-order valence-corrected chi connectivity index (χ1v) is 19.3. The second-order valence-electron chi connectivity index (χ2n) is 12.9. The smallest absolute Gasteiger partial charge is 0.250 e. The van der Waals surface area contributed by atoms with Gasteiger partial charge in [-0.3, -0.25) is 0 Å². The molecule has 7 heteroatoms. The van der Waals surface area contributed by atoms with E-state index >= 15 is 0 Å². The lowest BCUT2D eigenvalue weighted by Crippen LogP contribution is -2.43. The van der Waals surface area contributed by atoms with E-state index in [4.69, 9.17) is 13.9 Å². The van der Waals surface area contributed by atoms with E-state index in [0.29, 0.717) is 5.75 Å². The number of fused-ring (bicyclic) bond motifs is 5. The predicted molar refractivity (Wildman–Crippen MR) is 153 cm³/mol. The van der Waals surface area contributed by atoms with E-state index < -0.39 is 22.7 Å². The maximum atomic E-state index is 10.9. The van der Waals surface area contributed by atoms with Crippen LogP contribution in [0.15, 0.2) is 36.4 Å². The number of aliphatic hydroxyl groups excluding tert-OH is 1. The summed E-state index contributed by atoms with van der Waals surface area (Å²) in [4.78, 5) is 1.05. The average molecular weight is 529 g/mol. The lowest BCUT2D eigenvalue weighted by atomic mass is 10.0. The Kier molecular flexibility index (Phi) is 6.49. The van der Waals surface area contributed by atoms with E-state index in [1.807, 2.05) is 18.2 Å². The summed E-state index contributed by atoms with van der Waals surface area (Å²) in [7, 11) is -3.52. The number of aliphatic hydroxyl groups is 1. The van der Waals surface area contributed by atoms with Crippen molar-refractivity contribution in [3.63, 3.8) is 0 Å². The zero-order chi connectivity index (χ0) is 26.0. The quantitative estimate of drug-likeness (QED) is 0.336. The SMILES string of the molecule is CC(C)(C)[Si](C)(C)COc1ccc2c3c(sc2c1)-c1ccc(O[Si](C)(C)C(C)(C)C)cc1OC3O. The summed E-state index contributed by atoms with van der Waals surface area (Å²) >= 11 is 1.68. The molecular formula is C28H40O4SSi2. The first-order chi connectivity index (χ1) is 16.0. The highest BCUT2D eigenvalue weighted by Crippen LogP contribution is 2.51. The highest BCUT2D eigenvalue weighted by atomic mass is 32.1. The molecule has 1 aliphatic heterocycles. The molecular weight excluding hydrogens is 489 g/mol. The molecule has 190 valence electrons. The standard InChI is InChI=1S/C28H40O4SSi2/c1-27(2,3)34(7,8)17-30-18-11-14-21-23(16-18)33-25-20-13-12-19(32-35(9,10)28(4,5)6)15-22(20)31-26(29)24(21)25/h11-16,26,29H,17H2,1-10H3. The molecule has 0 amide bonds. The third-order valence-electron chi connectivity index (χ3n) is 8.19. The molecule has 1 unspecified atom stereocenters. The summed E-state index contributed by atoms with van der Waals surface area (Å²) in [6.45, 7) is 22.8. The number of rotatable bonds is 5. The average Bonchev–Trinajstić information content (AvgIpc) is 3.09. The van der Waals surface area contributed by atoms with Crippen LogP contribution >= 0.6 is 11.3 Å². The van der Waals surface area contributed by atoms with Gasteiger partial charge in [-0.25, -0.2) is 0 Å². The van der Waals surface area contributed by atoms with Gasteiger partial charge in [-0.2, -0.15) is 0 Å². The minimum absolute atomic E-state index is 0.103. The maximum Gasteiger partial charge on any atom is 0.250 e. The lowest BCUT2D eigenvalue weighted by molar-refractivity contribution is -0.0198. The maximum absolute atomic E-state index is 10.9. The minimum atomic E-state index is -1.97. The highest BCUT2D eigenvalue weighted by molar-refractivity contribution is 7.22. The Morgan fingerprint density at radius 3 is 2.20 bits per heavy atom. The Bertz CT molecular complexity index is 1250. The van der Waals surface area contributed by atoms with Gasteiger partial charge in [0, 0.05) is 32.2 Å². The van der Waals surface area contributed by atoms with Gasteiger partial charge in [0.15, 0.2) is 0 Å². The van der Waals surface area contributed by atoms with Crippen molar-refractivity contribution in [2.24, 2.45) is 0 Å². The fraction of sp³-hybridized carbons (Fsp3) is 0.500. The van der Waals surface area contributed by atoms with Gasteiger partial charge in [-0.1, -0.05) is 54.6 Å². The highest BCUT2D eigenvalue weighted by Gasteiger charge is 2.39. The van der Waals surface area contributed by atoms with E-state index in [9.17, 15) is 5.11 Å². The molecule has 0 saturated heterocycles. The van der Waals surface area contributed by atoms with E-state index in [-0.39, 0.29) is 10.1 Å². The predicted octanol–water partition coefficient (Wildman–Crippen LogP) is 8.76. The van der Waals surface area contributed by atoms with Gasteiger partial charge in [0.25, 0.3) is 0 Å². The molecule has 4 nitrogen and oxygen atoms in total. The van der Waals surface area contributed by atoms with Crippen LogP contribution in [0.2, 0.25) is 36.3 Å². The Hall–Kier alpha value is -1.81. The molecule has 0 saturated carbocycles. The summed E-state index contributed by atoms with van der Waals surface area (Å²) in [5.41, 5.74) is 1.84. The third-order valence-corrected chi connectivity index (χ3v) is 18.7. The van der Waals surface area contributed by atoms with Crippen LogP contribution in [0, 0.1) is 0 Å². The Morgan fingerprint density at radius 2 is 1.57 bits per heavy atom. The zero-order valence-corrected chi connectivity index (χ0v) is 25.6. The summed E-state index contributed by atoms with van der Waals surface area (Å²) in [6, 6.07) is 12.2. The van der Waals surface area contributed by atoms with Crippen LogP contribution in [0.4, 0.5) is 0 Å². The fourth-order valence-corrected chi connectivity index (χ4v) is 6.86. The molecule has 2 heterocycles. The van der Waals surface area contributed by atoms with Crippen LogP contribution in [-0.4, -0.2) is 27.7 Å². The van der Waals surface area contributed by atoms with Gasteiger partial charge >= 0.3 is 0 Å². The van der Waals surface area contributed by atoms with Crippen LogP contribution in [0.5, 0.6) is 17.2 Å². The second-order valence-corrected chi connectivity index (χ2v) is 24.2. The van der Waals surface area contributed by atoms with Crippen LogP contribution in [0.3, 0.4) is 0 Å². The monoisotopic (exact) mass is 528 g/mol. The largest absolute Gasteiger partial charge is 0.543 e. The van der Waals surface area contributed by atoms with Crippen LogP contribution in [0.1, 0.15) is 53.4 Å². The number of benzene rings is 2. The lowest BCUT2D eigenvalue weighted by Gasteiger charge is -2.36. The summed E-state index contributed by atoms with van der Waals surface area (Å²) < 4.78 is 19.9. The van der Waals surface area contributed by atoms with E-state index in [1.54, 1.807) is 11.3 Å². The summed E-state index contributed by atoms with van der Waals surface area (Å²) in [5, 5.41) is 12.3. The van der Waals surface area contributed by atoms with Gasteiger partial charge in [0.2, 0.25) is 14.6 Å². The number of hydrogen-bond donors (Lipinski definition) is 1. The van der Waals surface area contributed by atoms with Crippen LogP contribution < -0.4 is 13.9 Å². The molecule has 1 aromatic heterocycles. The van der Waals surface area contributed by atoms with Gasteiger partial charge in [0.05, 0.1) is 14.3 Å². The van der Waals surface area contributed by atoms with Crippen molar-refractivity contribution in [1.82, 2.24) is 0 Å². The number of hydrogen-bond acceptors (Lipinski definition) is 5. The van der Waals surface area contributed by atoms with Gasteiger partial charge in [-0.15, -0.1) is 11.3 Å². The van der Waals surface area contributed by atoms with E-state index in [1.165, 1.54) is 0 Å². The molecule has 0 radical (unpaired) electrons. The van der Waals surface area contributed by atoms with Crippen molar-refractivity contribution in [2.75, 3.05) is 6.23 Å². The second kappa shape index (κ2) is 8.65. The normalized spacial score (nSPS) is 16.5. The van der Waals surface area contributed by atoms with Crippen molar-refractivity contribution in [2.45, 2.75) is 84.1 Å². The molecule has 35 heavy (non-hydrogen) atoms. The summed E-state index contributed by atoms with van der Waals surface area (Å²) in [5.74, 6) is 2.35. The molecule has 1 N–H and O–H groups in total. The molecule has 0 aliphatic carbocycles. The van der Waals surface area contributed by atoms with E-state index in [2.05, 4.69) is 85.9 Å². The molecule has 0 spiro atoms. The number of ether oxygens (including phenoxy) is 2. The summed E-state index contributed by atoms with van der Waals surface area (Å²) in [6.07, 6.45) is -0.230. The van der Waals surface area contributed by atoms with Gasteiger partial charge in [-0.05, 0) is 53.5 Å². The molecule has 4 rings (SSSR count). The number of thiophene rings is 1. The molecule has 3 aromatic rings. The van der Waals surface area contributed by atoms with Crippen molar-refractivity contribution < 1.29 is 19.0 Å². The minimum Gasteiger partial charge on any atom is -0.543 e. The van der Waals surface area contributed by atoms with Gasteiger partial charge in [0.1, 0.15) is 17.2 Å². The first kappa shape index (κ1) is 26.3.